The number of hydrogen-bond donors (Lipinski definition) is 1. The third kappa shape index (κ3) is 0.646. The molecule has 0 saturated heterocycles. The van der Waals surface area contributed by atoms with Crippen LogP contribution in [-0.2, 0) is 6.42 Å². The van der Waals surface area contributed by atoms with Crippen LogP contribution in [0.15, 0.2) is 24.3 Å². The molecule has 4 rings (SSSR count). The maximum atomic E-state index is 3.54. The normalized spacial score (nSPS) is 28.9. The van der Waals surface area contributed by atoms with E-state index in [1.165, 1.54) is 29.4 Å². The lowest BCUT2D eigenvalue weighted by molar-refractivity contribution is 0.839. The molecule has 1 aromatic carbocycles. The van der Waals surface area contributed by atoms with Gasteiger partial charge in [0.1, 0.15) is 0 Å². The van der Waals surface area contributed by atoms with Crippen LogP contribution in [0.4, 0.5) is 0 Å². The van der Waals surface area contributed by atoms with Crippen LogP contribution in [0, 0.1) is 5.92 Å². The zero-order valence-electron chi connectivity index (χ0n) is 7.38. The molecule has 1 heteroatoms. The molecule has 1 nitrogen and oxygen atoms in total. The van der Waals surface area contributed by atoms with E-state index < -0.39 is 0 Å². The summed E-state index contributed by atoms with van der Waals surface area (Å²) in [5.74, 6) is 1.90. The first-order chi connectivity index (χ1) is 6.43. The van der Waals surface area contributed by atoms with E-state index in [1.54, 1.807) is 5.56 Å². The second-order valence-electron chi connectivity index (χ2n) is 4.37. The molecule has 2 aliphatic rings. The van der Waals surface area contributed by atoms with Gasteiger partial charge in [-0.2, -0.15) is 0 Å². The lowest BCUT2D eigenvalue weighted by Gasteiger charge is -1.92. The van der Waals surface area contributed by atoms with E-state index in [9.17, 15) is 0 Å². The molecule has 13 heavy (non-hydrogen) atoms. The van der Waals surface area contributed by atoms with Gasteiger partial charge < -0.3 is 4.98 Å². The smallest absolute Gasteiger partial charge is 0.0459 e. The third-order valence-electron chi connectivity index (χ3n) is 3.59. The topological polar surface area (TPSA) is 15.8 Å². The van der Waals surface area contributed by atoms with Crippen LogP contribution in [0.25, 0.3) is 10.9 Å². The quantitative estimate of drug-likeness (QED) is 0.624. The van der Waals surface area contributed by atoms with Crippen LogP contribution in [0.5, 0.6) is 0 Å². The fraction of sp³-hybridized carbons (Fsp3) is 0.333. The predicted molar refractivity (Wildman–Crippen MR) is 52.9 cm³/mol. The molecule has 1 aromatic heterocycles. The Morgan fingerprint density at radius 2 is 2.15 bits per heavy atom. The van der Waals surface area contributed by atoms with Crippen molar-refractivity contribution in [3.05, 3.63) is 35.5 Å². The van der Waals surface area contributed by atoms with E-state index in [0.29, 0.717) is 0 Å². The minimum Gasteiger partial charge on any atom is -0.358 e. The lowest BCUT2D eigenvalue weighted by atomic mass is 10.1. The first kappa shape index (κ1) is 6.25. The molecular formula is C12H11N. The molecule has 2 atom stereocenters. The summed E-state index contributed by atoms with van der Waals surface area (Å²) >= 11 is 0. The Labute approximate surface area is 76.8 Å². The fourth-order valence-electron chi connectivity index (χ4n) is 2.89. The van der Waals surface area contributed by atoms with Crippen molar-refractivity contribution in [1.82, 2.24) is 4.98 Å². The van der Waals surface area contributed by atoms with Crippen molar-refractivity contribution in [2.24, 2.45) is 5.92 Å². The van der Waals surface area contributed by atoms with Crippen molar-refractivity contribution in [3.63, 3.8) is 0 Å². The molecule has 1 saturated carbocycles. The van der Waals surface area contributed by atoms with Crippen molar-refractivity contribution >= 4 is 10.9 Å². The van der Waals surface area contributed by atoms with Crippen LogP contribution in [-0.4, -0.2) is 4.98 Å². The van der Waals surface area contributed by atoms with E-state index in [1.807, 2.05) is 0 Å². The first-order valence-electron chi connectivity index (χ1n) is 5.03. The van der Waals surface area contributed by atoms with Crippen LogP contribution in [0.2, 0.25) is 0 Å². The Bertz CT molecular complexity index is 495. The maximum absolute atomic E-state index is 3.54. The largest absolute Gasteiger partial charge is 0.358 e. The highest BCUT2D eigenvalue weighted by atomic mass is 14.8. The van der Waals surface area contributed by atoms with E-state index in [-0.39, 0.29) is 0 Å². The molecule has 0 aliphatic heterocycles. The van der Waals surface area contributed by atoms with Gasteiger partial charge in [0, 0.05) is 16.6 Å². The van der Waals surface area contributed by atoms with Crippen molar-refractivity contribution in [1.29, 1.82) is 0 Å². The number of rotatable bonds is 0. The van der Waals surface area contributed by atoms with Gasteiger partial charge in [-0.05, 0) is 36.3 Å². The summed E-state index contributed by atoms with van der Waals surface area (Å²) < 4.78 is 0. The number of aromatic nitrogens is 1. The highest BCUT2D eigenvalue weighted by Gasteiger charge is 2.46. The van der Waals surface area contributed by atoms with Gasteiger partial charge in [0.15, 0.2) is 0 Å². The zero-order valence-corrected chi connectivity index (χ0v) is 7.38. The molecule has 64 valence electrons. The third-order valence-corrected chi connectivity index (χ3v) is 3.59. The molecule has 2 unspecified atom stereocenters. The van der Waals surface area contributed by atoms with Gasteiger partial charge in [0.05, 0.1) is 0 Å². The van der Waals surface area contributed by atoms with Gasteiger partial charge in [-0.3, -0.25) is 0 Å². The van der Waals surface area contributed by atoms with Gasteiger partial charge in [-0.1, -0.05) is 18.2 Å². The summed E-state index contributed by atoms with van der Waals surface area (Å²) in [6.45, 7) is 0. The van der Waals surface area contributed by atoms with E-state index in [2.05, 4.69) is 29.2 Å². The fourth-order valence-corrected chi connectivity index (χ4v) is 2.89. The summed E-state index contributed by atoms with van der Waals surface area (Å²) in [6, 6.07) is 8.70. The molecule has 1 fully saturated rings. The number of H-pyrrole nitrogens is 1. The van der Waals surface area contributed by atoms with E-state index in [4.69, 9.17) is 0 Å². The summed E-state index contributed by atoms with van der Waals surface area (Å²) in [6.07, 6.45) is 2.74. The summed E-state index contributed by atoms with van der Waals surface area (Å²) in [7, 11) is 0. The number of para-hydroxylation sites is 1. The van der Waals surface area contributed by atoms with Gasteiger partial charge in [0.2, 0.25) is 0 Å². The monoisotopic (exact) mass is 169 g/mol. The summed E-state index contributed by atoms with van der Waals surface area (Å²) in [5.41, 5.74) is 4.49. The molecule has 2 aromatic rings. The number of nitrogens with one attached hydrogen (secondary N) is 1. The standard InChI is InChI=1S/C12H11N/c1-2-4-10-8(3-1)12-9-5-7(9)6-11(12)13-10/h1-4,7,9,13H,5-6H2. The number of fused-ring (bicyclic) bond motifs is 5. The van der Waals surface area contributed by atoms with Gasteiger partial charge >= 0.3 is 0 Å². The SMILES string of the molecule is c1ccc2c3c([nH]c2c1)CC1CC31. The molecule has 0 amide bonds. The van der Waals surface area contributed by atoms with Gasteiger partial charge in [-0.15, -0.1) is 0 Å². The number of aromatic amines is 1. The number of hydrogen-bond acceptors (Lipinski definition) is 0. The molecule has 2 aliphatic carbocycles. The second-order valence-corrected chi connectivity index (χ2v) is 4.37. The average molecular weight is 169 g/mol. The lowest BCUT2D eigenvalue weighted by Crippen LogP contribution is -1.82. The Hall–Kier alpha value is -1.24. The molecule has 1 heterocycles. The predicted octanol–water partition coefficient (Wildman–Crippen LogP) is 2.83. The van der Waals surface area contributed by atoms with Crippen molar-refractivity contribution in [2.75, 3.05) is 0 Å². The Kier molecular flexibility index (Phi) is 0.873. The second kappa shape index (κ2) is 1.82. The zero-order chi connectivity index (χ0) is 8.41. The van der Waals surface area contributed by atoms with E-state index >= 15 is 0 Å². The van der Waals surface area contributed by atoms with Crippen LogP contribution in [0.1, 0.15) is 23.6 Å². The van der Waals surface area contributed by atoms with Crippen LogP contribution < -0.4 is 0 Å². The van der Waals surface area contributed by atoms with Gasteiger partial charge in [0.25, 0.3) is 0 Å². The van der Waals surface area contributed by atoms with Crippen molar-refractivity contribution in [3.8, 4) is 0 Å². The highest BCUT2D eigenvalue weighted by molar-refractivity contribution is 5.86. The minimum absolute atomic E-state index is 0.908. The molecule has 0 spiro atoms. The van der Waals surface area contributed by atoms with Gasteiger partial charge in [-0.25, -0.2) is 0 Å². The first-order valence-corrected chi connectivity index (χ1v) is 5.03. The molecular weight excluding hydrogens is 158 g/mol. The van der Waals surface area contributed by atoms with Crippen molar-refractivity contribution in [2.45, 2.75) is 18.8 Å². The summed E-state index contributed by atoms with van der Waals surface area (Å²) in [4.78, 5) is 3.54. The Morgan fingerprint density at radius 3 is 3.15 bits per heavy atom. The van der Waals surface area contributed by atoms with Crippen LogP contribution in [0.3, 0.4) is 0 Å². The summed E-state index contributed by atoms with van der Waals surface area (Å²) in [5, 5.41) is 1.47. The molecule has 1 N–H and O–H groups in total. The highest BCUT2D eigenvalue weighted by Crippen LogP contribution is 2.57. The Morgan fingerprint density at radius 1 is 1.23 bits per heavy atom. The number of benzene rings is 1. The van der Waals surface area contributed by atoms with Crippen molar-refractivity contribution < 1.29 is 0 Å². The molecule has 0 radical (unpaired) electrons. The van der Waals surface area contributed by atoms with Crippen LogP contribution >= 0.6 is 0 Å². The Balaban J connectivity index is 2.15. The maximum Gasteiger partial charge on any atom is 0.0459 e. The molecule has 0 bridgehead atoms. The average Bonchev–Trinajstić information content (AvgIpc) is 2.69. The minimum atomic E-state index is 0.908. The van der Waals surface area contributed by atoms with E-state index in [0.717, 1.165) is 11.8 Å².